The molecule has 190 valence electrons. The van der Waals surface area contributed by atoms with E-state index in [2.05, 4.69) is 11.9 Å². The number of amidine groups is 1. The number of halogens is 1. The Morgan fingerprint density at radius 1 is 1.23 bits per heavy atom. The van der Waals surface area contributed by atoms with Crippen LogP contribution < -0.4 is 15.4 Å². The van der Waals surface area contributed by atoms with Gasteiger partial charge in [-0.3, -0.25) is 5.41 Å². The summed E-state index contributed by atoms with van der Waals surface area (Å²) in [6.07, 6.45) is 3.91. The van der Waals surface area contributed by atoms with Gasteiger partial charge in [0.05, 0.1) is 37.5 Å². The quantitative estimate of drug-likeness (QED) is 0.212. The highest BCUT2D eigenvalue weighted by Gasteiger charge is 2.31. The number of nitrogens with two attached hydrogens (primary N) is 1. The van der Waals surface area contributed by atoms with Gasteiger partial charge in [0.15, 0.2) is 5.84 Å². The predicted molar refractivity (Wildman–Crippen MR) is 140 cm³/mol. The minimum absolute atomic E-state index is 0.0693. The van der Waals surface area contributed by atoms with Crippen LogP contribution in [0.5, 0.6) is 5.75 Å². The van der Waals surface area contributed by atoms with Crippen LogP contribution in [0.3, 0.4) is 0 Å². The van der Waals surface area contributed by atoms with E-state index in [-0.39, 0.29) is 24.9 Å². The Labute approximate surface area is 211 Å². The van der Waals surface area contributed by atoms with Crippen molar-refractivity contribution in [1.29, 1.82) is 5.41 Å². The zero-order chi connectivity index (χ0) is 25.4. The standard InChI is InChI=1S/C26H35ClN4O4/c1-3-4-5-13-35-23-10-9-18(14-21(23)27)25(34-2)30-24(28)20-7-6-8-22-19(20)11-12-31(22)15-26(29,16-32)17-33/h6-10,14,28,32-33H,3-5,11-13,15-17,29H2,1-2H3/b28-24?,30-25-. The van der Waals surface area contributed by atoms with Crippen LogP contribution in [-0.4, -0.2) is 67.5 Å². The van der Waals surface area contributed by atoms with E-state index < -0.39 is 5.54 Å². The van der Waals surface area contributed by atoms with E-state index in [1.165, 1.54) is 7.11 Å². The molecule has 2 aromatic carbocycles. The number of benzene rings is 2. The highest BCUT2D eigenvalue weighted by Crippen LogP contribution is 2.32. The fourth-order valence-electron chi connectivity index (χ4n) is 4.09. The van der Waals surface area contributed by atoms with E-state index in [1.54, 1.807) is 12.1 Å². The fraction of sp³-hybridized carbons (Fsp3) is 0.462. The molecule has 3 rings (SSSR count). The Balaban J connectivity index is 1.80. The summed E-state index contributed by atoms with van der Waals surface area (Å²) < 4.78 is 11.3. The van der Waals surface area contributed by atoms with Crippen LogP contribution in [0.25, 0.3) is 0 Å². The summed E-state index contributed by atoms with van der Waals surface area (Å²) >= 11 is 6.43. The molecule has 2 aromatic rings. The van der Waals surface area contributed by atoms with Gasteiger partial charge in [-0.15, -0.1) is 0 Å². The van der Waals surface area contributed by atoms with Crippen molar-refractivity contribution in [2.75, 3.05) is 44.9 Å². The summed E-state index contributed by atoms with van der Waals surface area (Å²) in [6.45, 7) is 3.09. The van der Waals surface area contributed by atoms with Crippen molar-refractivity contribution < 1.29 is 19.7 Å². The maximum absolute atomic E-state index is 9.58. The summed E-state index contributed by atoms with van der Waals surface area (Å²) in [6, 6.07) is 11.0. The maximum Gasteiger partial charge on any atom is 0.222 e. The molecule has 0 aromatic heterocycles. The third-order valence-electron chi connectivity index (χ3n) is 6.11. The van der Waals surface area contributed by atoms with Gasteiger partial charge in [-0.05, 0) is 42.7 Å². The van der Waals surface area contributed by atoms with Crippen LogP contribution in [0.1, 0.15) is 42.9 Å². The third-order valence-corrected chi connectivity index (χ3v) is 6.40. The van der Waals surface area contributed by atoms with Gasteiger partial charge < -0.3 is 30.3 Å². The highest BCUT2D eigenvalue weighted by atomic mass is 35.5. The number of methoxy groups -OCH3 is 1. The number of fused-ring (bicyclic) bond motifs is 1. The molecule has 5 N–H and O–H groups in total. The predicted octanol–water partition coefficient (Wildman–Crippen LogP) is 3.37. The minimum Gasteiger partial charge on any atom is -0.492 e. The number of nitrogens with one attached hydrogen (secondary N) is 1. The number of aliphatic hydroxyl groups excluding tert-OH is 2. The molecule has 0 radical (unpaired) electrons. The molecule has 8 nitrogen and oxygen atoms in total. The molecule has 0 aliphatic carbocycles. The molecule has 0 saturated carbocycles. The van der Waals surface area contributed by atoms with Gasteiger partial charge in [0.1, 0.15) is 5.75 Å². The normalized spacial score (nSPS) is 13.7. The van der Waals surface area contributed by atoms with Gasteiger partial charge in [-0.2, -0.15) is 4.99 Å². The molecule has 1 aliphatic rings. The van der Waals surface area contributed by atoms with Crippen molar-refractivity contribution in [3.05, 3.63) is 58.1 Å². The molecule has 9 heteroatoms. The van der Waals surface area contributed by atoms with Crippen LogP contribution >= 0.6 is 11.6 Å². The Morgan fingerprint density at radius 3 is 2.66 bits per heavy atom. The third kappa shape index (κ3) is 6.52. The molecule has 0 atom stereocenters. The molecule has 0 bridgehead atoms. The number of nitrogens with zero attached hydrogens (tertiary/aromatic N) is 2. The topological polar surface area (TPSA) is 124 Å². The number of aliphatic hydroxyl groups is 2. The molecule has 0 fully saturated rings. The van der Waals surface area contributed by atoms with E-state index >= 15 is 0 Å². The average molecular weight is 503 g/mol. The summed E-state index contributed by atoms with van der Waals surface area (Å²) in [7, 11) is 1.51. The SMILES string of the molecule is CCCCCOc1ccc(/C(=N/C(=N)c2cccc3c2CCN3CC(N)(CO)CO)OC)cc1Cl. The zero-order valence-corrected chi connectivity index (χ0v) is 21.1. The van der Waals surface area contributed by atoms with Crippen molar-refractivity contribution in [1.82, 2.24) is 0 Å². The lowest BCUT2D eigenvalue weighted by atomic mass is 10.0. The van der Waals surface area contributed by atoms with Crippen molar-refractivity contribution in [2.24, 2.45) is 10.7 Å². The number of hydrogen-bond donors (Lipinski definition) is 4. The van der Waals surface area contributed by atoms with Crippen molar-refractivity contribution in [3.63, 3.8) is 0 Å². The lowest BCUT2D eigenvalue weighted by molar-refractivity contribution is 0.125. The lowest BCUT2D eigenvalue weighted by Crippen LogP contribution is -2.55. The summed E-state index contributed by atoms with van der Waals surface area (Å²) in [5.74, 6) is 0.961. The zero-order valence-electron chi connectivity index (χ0n) is 20.4. The molecule has 1 aliphatic heterocycles. The van der Waals surface area contributed by atoms with Gasteiger partial charge in [0, 0.05) is 29.9 Å². The Kier molecular flexibility index (Phi) is 9.51. The lowest BCUT2D eigenvalue weighted by Gasteiger charge is -2.31. The van der Waals surface area contributed by atoms with Crippen LogP contribution in [-0.2, 0) is 11.2 Å². The van der Waals surface area contributed by atoms with Crippen molar-refractivity contribution in [2.45, 2.75) is 38.1 Å². The fourth-order valence-corrected chi connectivity index (χ4v) is 4.33. The summed E-state index contributed by atoms with van der Waals surface area (Å²) in [5, 5.41) is 28.3. The molecule has 35 heavy (non-hydrogen) atoms. The Hall–Kier alpha value is -2.65. The minimum atomic E-state index is -1.10. The second-order valence-electron chi connectivity index (χ2n) is 8.82. The molecule has 0 saturated heterocycles. The number of hydrogen-bond acceptors (Lipinski definition) is 7. The first-order chi connectivity index (χ1) is 16.9. The summed E-state index contributed by atoms with van der Waals surface area (Å²) in [4.78, 5) is 6.48. The average Bonchev–Trinajstić information content (AvgIpc) is 3.28. The number of aliphatic imine (C=N–C) groups is 1. The number of rotatable bonds is 11. The number of unbranched alkanes of at least 4 members (excludes halogenated alkanes) is 2. The molecule has 0 amide bonds. The Morgan fingerprint density at radius 2 is 2.00 bits per heavy atom. The van der Waals surface area contributed by atoms with Crippen molar-refractivity contribution >= 4 is 29.0 Å². The van der Waals surface area contributed by atoms with E-state index in [4.69, 9.17) is 32.2 Å². The van der Waals surface area contributed by atoms with Gasteiger partial charge >= 0.3 is 0 Å². The molecule has 0 unspecified atom stereocenters. The van der Waals surface area contributed by atoms with Crippen LogP contribution in [0.15, 0.2) is 41.4 Å². The smallest absolute Gasteiger partial charge is 0.222 e. The highest BCUT2D eigenvalue weighted by molar-refractivity contribution is 6.32. The Bertz CT molecular complexity index is 1060. The maximum atomic E-state index is 9.58. The molecule has 0 spiro atoms. The monoisotopic (exact) mass is 502 g/mol. The van der Waals surface area contributed by atoms with Crippen LogP contribution in [0.2, 0.25) is 5.02 Å². The van der Waals surface area contributed by atoms with Gasteiger partial charge in [-0.1, -0.05) is 43.5 Å². The first-order valence-corrected chi connectivity index (χ1v) is 12.2. The van der Waals surface area contributed by atoms with Crippen LogP contribution in [0, 0.1) is 5.41 Å². The number of anilines is 1. The first-order valence-electron chi connectivity index (χ1n) is 11.9. The molecular weight excluding hydrogens is 468 g/mol. The second-order valence-corrected chi connectivity index (χ2v) is 9.23. The van der Waals surface area contributed by atoms with Gasteiger partial charge in [-0.25, -0.2) is 0 Å². The largest absolute Gasteiger partial charge is 0.492 e. The van der Waals surface area contributed by atoms with Crippen LogP contribution in [0.4, 0.5) is 5.69 Å². The summed E-state index contributed by atoms with van der Waals surface area (Å²) in [5.41, 5.74) is 8.24. The van der Waals surface area contributed by atoms with Gasteiger partial charge in [0.2, 0.25) is 5.90 Å². The van der Waals surface area contributed by atoms with Gasteiger partial charge in [0.25, 0.3) is 0 Å². The van der Waals surface area contributed by atoms with E-state index in [0.717, 1.165) is 30.5 Å². The first kappa shape index (κ1) is 26.9. The number of ether oxygens (including phenoxy) is 2. The second kappa shape index (κ2) is 12.4. The van der Waals surface area contributed by atoms with E-state index in [9.17, 15) is 10.2 Å². The van der Waals surface area contributed by atoms with Crippen molar-refractivity contribution in [3.8, 4) is 5.75 Å². The van der Waals surface area contributed by atoms with E-state index in [1.807, 2.05) is 29.2 Å². The molecular formula is C26H35ClN4O4. The molecule has 1 heterocycles. The van der Waals surface area contributed by atoms with E-state index in [0.29, 0.717) is 48.0 Å².